The van der Waals surface area contributed by atoms with Crippen molar-refractivity contribution in [2.75, 3.05) is 13.1 Å². The van der Waals surface area contributed by atoms with Crippen LogP contribution in [0.5, 0.6) is 6.01 Å². The van der Waals surface area contributed by atoms with Gasteiger partial charge in [0.2, 0.25) is 5.91 Å². The van der Waals surface area contributed by atoms with Crippen molar-refractivity contribution in [2.45, 2.75) is 64.7 Å². The van der Waals surface area contributed by atoms with Crippen LogP contribution in [0.2, 0.25) is 0 Å². The van der Waals surface area contributed by atoms with Crippen molar-refractivity contribution in [3.05, 3.63) is 18.0 Å². The Morgan fingerprint density at radius 3 is 2.65 bits per heavy atom. The number of likely N-dealkylation sites (tertiary alicyclic amines) is 1. The molecule has 5 nitrogen and oxygen atoms in total. The summed E-state index contributed by atoms with van der Waals surface area (Å²) < 4.78 is 43.8. The lowest BCUT2D eigenvalue weighted by Gasteiger charge is -2.34. The molecule has 0 N–H and O–H groups in total. The van der Waals surface area contributed by atoms with Crippen LogP contribution in [0.4, 0.5) is 13.2 Å². The molecule has 2 rings (SSSR count). The third-order valence-corrected chi connectivity index (χ3v) is 4.51. The van der Waals surface area contributed by atoms with Gasteiger partial charge in [-0.15, -0.1) is 0 Å². The predicted octanol–water partition coefficient (Wildman–Crippen LogP) is 4.08. The van der Waals surface area contributed by atoms with Gasteiger partial charge in [0.25, 0.3) is 0 Å². The van der Waals surface area contributed by atoms with Gasteiger partial charge >= 0.3 is 12.2 Å². The van der Waals surface area contributed by atoms with Crippen LogP contribution >= 0.6 is 0 Å². The van der Waals surface area contributed by atoms with E-state index < -0.39 is 11.9 Å². The van der Waals surface area contributed by atoms with Crippen LogP contribution < -0.4 is 4.74 Å². The van der Waals surface area contributed by atoms with E-state index in [0.29, 0.717) is 19.5 Å². The number of carbonyl (C=O) groups is 1. The van der Waals surface area contributed by atoms with Gasteiger partial charge in [-0.3, -0.25) is 4.79 Å². The van der Waals surface area contributed by atoms with Gasteiger partial charge in [-0.2, -0.15) is 18.2 Å². The first-order valence-electron chi connectivity index (χ1n) is 9.20. The standard InChI is InChI=1S/C18H26F3N3O2/c1-3-6-13(7-4-2)16(25)24-11-5-8-14(12-24)26-17-22-10-9-15(23-17)18(19,20)21/h9-10,13-14H,3-8,11-12H2,1-2H3. The number of piperidine rings is 1. The Labute approximate surface area is 152 Å². The van der Waals surface area contributed by atoms with Gasteiger partial charge in [-0.1, -0.05) is 26.7 Å². The van der Waals surface area contributed by atoms with Crippen molar-refractivity contribution in [2.24, 2.45) is 5.92 Å². The quantitative estimate of drug-likeness (QED) is 0.723. The van der Waals surface area contributed by atoms with E-state index in [1.165, 1.54) is 0 Å². The van der Waals surface area contributed by atoms with E-state index in [1.54, 1.807) is 4.90 Å². The number of carbonyl (C=O) groups excluding carboxylic acids is 1. The fourth-order valence-electron chi connectivity index (χ4n) is 3.29. The van der Waals surface area contributed by atoms with Crippen molar-refractivity contribution in [1.82, 2.24) is 14.9 Å². The Hall–Kier alpha value is -1.86. The number of aromatic nitrogens is 2. The zero-order chi connectivity index (χ0) is 19.2. The molecule has 0 saturated carbocycles. The molecule has 1 aliphatic heterocycles. The number of rotatable bonds is 7. The minimum atomic E-state index is -4.54. The van der Waals surface area contributed by atoms with Crippen LogP contribution in [-0.4, -0.2) is 40.0 Å². The van der Waals surface area contributed by atoms with Gasteiger partial charge in [-0.05, 0) is 31.7 Å². The number of hydrogen-bond donors (Lipinski definition) is 0. The van der Waals surface area contributed by atoms with E-state index in [2.05, 4.69) is 23.8 Å². The highest BCUT2D eigenvalue weighted by atomic mass is 19.4. The Bertz CT molecular complexity index is 589. The second-order valence-electron chi connectivity index (χ2n) is 6.66. The SMILES string of the molecule is CCCC(CCC)C(=O)N1CCCC(Oc2nccc(C(F)(F)F)n2)C1. The molecule has 2 heterocycles. The lowest BCUT2D eigenvalue weighted by Crippen LogP contribution is -2.46. The van der Waals surface area contributed by atoms with Gasteiger partial charge in [0.1, 0.15) is 6.10 Å². The van der Waals surface area contributed by atoms with Crippen LogP contribution in [0.25, 0.3) is 0 Å². The maximum absolute atomic E-state index is 12.8. The zero-order valence-corrected chi connectivity index (χ0v) is 15.3. The Morgan fingerprint density at radius 1 is 1.35 bits per heavy atom. The molecule has 1 fully saturated rings. The van der Waals surface area contributed by atoms with E-state index in [1.807, 2.05) is 0 Å². The highest BCUT2D eigenvalue weighted by molar-refractivity contribution is 5.79. The van der Waals surface area contributed by atoms with Gasteiger partial charge in [0.15, 0.2) is 5.69 Å². The third-order valence-electron chi connectivity index (χ3n) is 4.51. The van der Waals surface area contributed by atoms with Gasteiger partial charge in [0, 0.05) is 18.7 Å². The highest BCUT2D eigenvalue weighted by Gasteiger charge is 2.34. The van der Waals surface area contributed by atoms with Crippen LogP contribution in [-0.2, 0) is 11.0 Å². The van der Waals surface area contributed by atoms with Crippen molar-refractivity contribution in [3.63, 3.8) is 0 Å². The summed E-state index contributed by atoms with van der Waals surface area (Å²) in [5, 5.41) is 0. The van der Waals surface area contributed by atoms with Crippen LogP contribution in [0.3, 0.4) is 0 Å². The topological polar surface area (TPSA) is 55.3 Å². The molecule has 0 aromatic carbocycles. The molecule has 0 radical (unpaired) electrons. The molecule has 26 heavy (non-hydrogen) atoms. The smallest absolute Gasteiger partial charge is 0.433 e. The number of nitrogens with zero attached hydrogens (tertiary/aromatic N) is 3. The Kier molecular flexibility index (Phi) is 7.23. The molecule has 1 saturated heterocycles. The monoisotopic (exact) mass is 373 g/mol. The summed E-state index contributed by atoms with van der Waals surface area (Å²) in [6.45, 7) is 5.14. The number of amides is 1. The van der Waals surface area contributed by atoms with Gasteiger partial charge in [0.05, 0.1) is 6.54 Å². The third kappa shape index (κ3) is 5.57. The molecule has 0 bridgehead atoms. The second-order valence-corrected chi connectivity index (χ2v) is 6.66. The van der Waals surface area contributed by atoms with E-state index >= 15 is 0 Å². The van der Waals surface area contributed by atoms with E-state index in [9.17, 15) is 18.0 Å². The normalized spacial score (nSPS) is 18.2. The molecule has 8 heteroatoms. The Morgan fingerprint density at radius 2 is 2.04 bits per heavy atom. The molecule has 146 valence electrons. The van der Waals surface area contributed by atoms with Crippen LogP contribution in [0.15, 0.2) is 12.3 Å². The highest BCUT2D eigenvalue weighted by Crippen LogP contribution is 2.28. The average molecular weight is 373 g/mol. The predicted molar refractivity (Wildman–Crippen MR) is 90.6 cm³/mol. The lowest BCUT2D eigenvalue weighted by molar-refractivity contribution is -0.141. The summed E-state index contributed by atoms with van der Waals surface area (Å²) in [6, 6.07) is 0.515. The minimum absolute atomic E-state index is 0.00792. The fourth-order valence-corrected chi connectivity index (χ4v) is 3.29. The van der Waals surface area contributed by atoms with Gasteiger partial charge < -0.3 is 9.64 Å². The van der Waals surface area contributed by atoms with Crippen molar-refractivity contribution in [3.8, 4) is 6.01 Å². The van der Waals surface area contributed by atoms with Gasteiger partial charge in [-0.25, -0.2) is 4.98 Å². The number of alkyl halides is 3. The second kappa shape index (κ2) is 9.19. The van der Waals surface area contributed by atoms with Crippen LogP contribution in [0.1, 0.15) is 58.1 Å². The van der Waals surface area contributed by atoms with E-state index in [-0.39, 0.29) is 23.9 Å². The molecule has 0 spiro atoms. The van der Waals surface area contributed by atoms with Crippen molar-refractivity contribution in [1.29, 1.82) is 0 Å². The Balaban J connectivity index is 2.01. The molecule has 1 aromatic rings. The van der Waals surface area contributed by atoms with Crippen molar-refractivity contribution >= 4 is 5.91 Å². The van der Waals surface area contributed by atoms with E-state index in [4.69, 9.17) is 4.74 Å². The van der Waals surface area contributed by atoms with Crippen molar-refractivity contribution < 1.29 is 22.7 Å². The zero-order valence-electron chi connectivity index (χ0n) is 15.3. The maximum Gasteiger partial charge on any atom is 0.433 e. The summed E-state index contributed by atoms with van der Waals surface area (Å²) in [4.78, 5) is 21.7. The average Bonchev–Trinajstić information content (AvgIpc) is 2.61. The number of ether oxygens (including phenoxy) is 1. The molecule has 1 amide bonds. The molecular formula is C18H26F3N3O2. The summed E-state index contributed by atoms with van der Waals surface area (Å²) >= 11 is 0. The molecule has 1 aromatic heterocycles. The fraction of sp³-hybridized carbons (Fsp3) is 0.722. The first-order valence-corrected chi connectivity index (χ1v) is 9.20. The summed E-state index contributed by atoms with van der Waals surface area (Å²) in [5.41, 5.74) is -1.03. The summed E-state index contributed by atoms with van der Waals surface area (Å²) in [5.74, 6) is 0.125. The first-order chi connectivity index (χ1) is 12.3. The maximum atomic E-state index is 12.8. The van der Waals surface area contributed by atoms with E-state index in [0.717, 1.165) is 44.4 Å². The molecule has 1 atom stereocenters. The molecule has 0 aliphatic carbocycles. The largest absolute Gasteiger partial charge is 0.458 e. The first kappa shape index (κ1) is 20.5. The number of hydrogen-bond acceptors (Lipinski definition) is 4. The lowest BCUT2D eigenvalue weighted by atomic mass is 9.95. The molecule has 1 unspecified atom stereocenters. The minimum Gasteiger partial charge on any atom is -0.458 e. The molecule has 1 aliphatic rings. The summed E-state index contributed by atoms with van der Waals surface area (Å²) in [6.07, 6.45) is 1.12. The molecular weight excluding hydrogens is 347 g/mol. The number of halogens is 3. The summed E-state index contributed by atoms with van der Waals surface area (Å²) in [7, 11) is 0. The van der Waals surface area contributed by atoms with Crippen LogP contribution in [0, 0.1) is 5.92 Å².